The molecular weight excluding hydrogens is 318 g/mol. The van der Waals surface area contributed by atoms with E-state index >= 15 is 0 Å². The van der Waals surface area contributed by atoms with Crippen molar-refractivity contribution in [3.8, 4) is 17.4 Å². The van der Waals surface area contributed by atoms with Crippen LogP contribution in [0.5, 0.6) is 0 Å². The summed E-state index contributed by atoms with van der Waals surface area (Å²) >= 11 is 0. The van der Waals surface area contributed by atoms with Gasteiger partial charge in [-0.1, -0.05) is 60.7 Å². The molecule has 0 saturated heterocycles. The van der Waals surface area contributed by atoms with E-state index in [1.807, 2.05) is 43.3 Å². The van der Waals surface area contributed by atoms with E-state index in [0.29, 0.717) is 5.56 Å². The fraction of sp³-hybridized carbons (Fsp3) is 0.0417. The molecule has 0 unspecified atom stereocenters. The second-order valence-corrected chi connectivity index (χ2v) is 6.29. The number of furan rings is 1. The van der Waals surface area contributed by atoms with Crippen LogP contribution in [0, 0.1) is 18.3 Å². The van der Waals surface area contributed by atoms with Crippen LogP contribution in [0.25, 0.3) is 34.4 Å². The van der Waals surface area contributed by atoms with E-state index in [1.165, 1.54) is 0 Å². The van der Waals surface area contributed by atoms with Crippen LogP contribution in [0.3, 0.4) is 0 Å². The van der Waals surface area contributed by atoms with E-state index in [2.05, 4.69) is 54.6 Å². The van der Waals surface area contributed by atoms with Gasteiger partial charge >= 0.3 is 0 Å². The van der Waals surface area contributed by atoms with Crippen LogP contribution >= 0.6 is 0 Å². The number of para-hydroxylation sites is 1. The molecule has 3 aromatic carbocycles. The van der Waals surface area contributed by atoms with Crippen molar-refractivity contribution in [2.24, 2.45) is 0 Å². The Kier molecular flexibility index (Phi) is 4.13. The Hall–Kier alpha value is -3.57. The summed E-state index contributed by atoms with van der Waals surface area (Å²) in [4.78, 5) is 0. The van der Waals surface area contributed by atoms with Crippen LogP contribution < -0.4 is 0 Å². The fourth-order valence-corrected chi connectivity index (χ4v) is 3.00. The number of hydrogen-bond acceptors (Lipinski definition) is 2. The molecule has 1 aromatic heterocycles. The van der Waals surface area contributed by atoms with Crippen LogP contribution in [0.15, 0.2) is 77.2 Å². The molecule has 26 heavy (non-hydrogen) atoms. The van der Waals surface area contributed by atoms with Crippen molar-refractivity contribution < 1.29 is 4.42 Å². The predicted octanol–water partition coefficient (Wildman–Crippen LogP) is 6.45. The Morgan fingerprint density at radius 3 is 2.42 bits per heavy atom. The third kappa shape index (κ3) is 3.16. The van der Waals surface area contributed by atoms with Gasteiger partial charge in [-0.05, 0) is 47.9 Å². The average molecular weight is 335 g/mol. The SMILES string of the molecule is Cc1cc(C#N)ccc1C=Cc1ccc(-c2cc3ccccc3o2)cc1. The lowest BCUT2D eigenvalue weighted by Crippen LogP contribution is -1.83. The first-order valence-electron chi connectivity index (χ1n) is 8.51. The van der Waals surface area contributed by atoms with Gasteiger partial charge in [-0.2, -0.15) is 5.26 Å². The van der Waals surface area contributed by atoms with Crippen LogP contribution in [-0.2, 0) is 0 Å². The van der Waals surface area contributed by atoms with Gasteiger partial charge in [-0.15, -0.1) is 0 Å². The number of nitriles is 1. The maximum Gasteiger partial charge on any atom is 0.135 e. The maximum atomic E-state index is 8.95. The smallest absolute Gasteiger partial charge is 0.135 e. The number of rotatable bonds is 3. The Morgan fingerprint density at radius 1 is 0.885 bits per heavy atom. The zero-order chi connectivity index (χ0) is 17.9. The van der Waals surface area contributed by atoms with Crippen molar-refractivity contribution >= 4 is 23.1 Å². The van der Waals surface area contributed by atoms with Gasteiger partial charge in [0.25, 0.3) is 0 Å². The van der Waals surface area contributed by atoms with Gasteiger partial charge in [-0.25, -0.2) is 0 Å². The summed E-state index contributed by atoms with van der Waals surface area (Å²) in [5.41, 5.74) is 5.99. The summed E-state index contributed by atoms with van der Waals surface area (Å²) in [7, 11) is 0. The number of aryl methyl sites for hydroxylation is 1. The number of hydrogen-bond donors (Lipinski definition) is 0. The van der Waals surface area contributed by atoms with Crippen molar-refractivity contribution in [1.82, 2.24) is 0 Å². The summed E-state index contributed by atoms with van der Waals surface area (Å²) in [6.45, 7) is 2.02. The van der Waals surface area contributed by atoms with Crippen molar-refractivity contribution in [3.05, 3.63) is 95.1 Å². The first-order valence-corrected chi connectivity index (χ1v) is 8.51. The standard InChI is InChI=1S/C24H17NO/c1-17-14-19(16-25)9-11-20(17)10-6-18-7-12-21(13-8-18)24-15-22-4-2-3-5-23(22)26-24/h2-15H,1H3. The molecule has 0 aliphatic carbocycles. The molecule has 0 saturated carbocycles. The molecule has 2 nitrogen and oxygen atoms in total. The summed E-state index contributed by atoms with van der Waals surface area (Å²) in [6.07, 6.45) is 4.16. The van der Waals surface area contributed by atoms with Crippen molar-refractivity contribution in [3.63, 3.8) is 0 Å². The third-order valence-corrected chi connectivity index (χ3v) is 4.47. The number of benzene rings is 3. The lowest BCUT2D eigenvalue weighted by molar-refractivity contribution is 0.631. The normalized spacial score (nSPS) is 11.1. The van der Waals surface area contributed by atoms with E-state index in [4.69, 9.17) is 9.68 Å². The highest BCUT2D eigenvalue weighted by Crippen LogP contribution is 2.28. The molecule has 4 aromatic rings. The predicted molar refractivity (Wildman–Crippen MR) is 106 cm³/mol. The summed E-state index contributed by atoms with van der Waals surface area (Å²) < 4.78 is 5.92. The van der Waals surface area contributed by atoms with Crippen molar-refractivity contribution in [1.29, 1.82) is 5.26 Å². The van der Waals surface area contributed by atoms with Crippen LogP contribution in [0.4, 0.5) is 0 Å². The summed E-state index contributed by atoms with van der Waals surface area (Å²) in [5.74, 6) is 0.879. The van der Waals surface area contributed by atoms with E-state index < -0.39 is 0 Å². The molecule has 0 N–H and O–H groups in total. The van der Waals surface area contributed by atoms with Crippen LogP contribution in [-0.4, -0.2) is 0 Å². The molecular formula is C24H17NO. The van der Waals surface area contributed by atoms with Crippen LogP contribution in [0.1, 0.15) is 22.3 Å². The van der Waals surface area contributed by atoms with Crippen molar-refractivity contribution in [2.75, 3.05) is 0 Å². The molecule has 2 heteroatoms. The second-order valence-electron chi connectivity index (χ2n) is 6.29. The minimum Gasteiger partial charge on any atom is -0.456 e. The monoisotopic (exact) mass is 335 g/mol. The molecule has 0 radical (unpaired) electrons. The molecule has 0 spiro atoms. The van der Waals surface area contributed by atoms with Crippen molar-refractivity contribution in [2.45, 2.75) is 6.92 Å². The molecule has 0 atom stereocenters. The highest BCUT2D eigenvalue weighted by molar-refractivity contribution is 5.83. The Morgan fingerprint density at radius 2 is 1.69 bits per heavy atom. The summed E-state index contributed by atoms with van der Waals surface area (Å²) in [5, 5.41) is 10.1. The number of fused-ring (bicyclic) bond motifs is 1. The highest BCUT2D eigenvalue weighted by Gasteiger charge is 2.05. The molecule has 124 valence electrons. The first kappa shape index (κ1) is 15.9. The largest absolute Gasteiger partial charge is 0.456 e. The molecule has 1 heterocycles. The molecule has 0 fully saturated rings. The maximum absolute atomic E-state index is 8.95. The lowest BCUT2D eigenvalue weighted by atomic mass is 10.0. The topological polar surface area (TPSA) is 36.9 Å². The third-order valence-electron chi connectivity index (χ3n) is 4.47. The van der Waals surface area contributed by atoms with E-state index in [0.717, 1.165) is 39.0 Å². The minimum absolute atomic E-state index is 0.690. The molecule has 0 amide bonds. The fourth-order valence-electron chi connectivity index (χ4n) is 3.00. The Balaban J connectivity index is 1.57. The second kappa shape index (κ2) is 6.74. The lowest BCUT2D eigenvalue weighted by Gasteiger charge is -2.01. The van der Waals surface area contributed by atoms with E-state index in [1.54, 1.807) is 0 Å². The van der Waals surface area contributed by atoms with Gasteiger partial charge in [0.15, 0.2) is 0 Å². The van der Waals surface area contributed by atoms with E-state index in [9.17, 15) is 0 Å². The average Bonchev–Trinajstić information content (AvgIpc) is 3.11. The van der Waals surface area contributed by atoms with Gasteiger partial charge in [0.2, 0.25) is 0 Å². The zero-order valence-corrected chi connectivity index (χ0v) is 14.4. The van der Waals surface area contributed by atoms with Gasteiger partial charge in [0.05, 0.1) is 11.6 Å². The molecule has 0 aliphatic rings. The van der Waals surface area contributed by atoms with Gasteiger partial charge < -0.3 is 4.42 Å². The Bertz CT molecular complexity index is 1110. The molecule has 0 bridgehead atoms. The van der Waals surface area contributed by atoms with Gasteiger partial charge in [0, 0.05) is 10.9 Å². The quantitative estimate of drug-likeness (QED) is 0.403. The highest BCUT2D eigenvalue weighted by atomic mass is 16.3. The zero-order valence-electron chi connectivity index (χ0n) is 14.4. The Labute approximate surface area is 152 Å². The summed E-state index contributed by atoms with van der Waals surface area (Å²) in [6, 6.07) is 26.3. The minimum atomic E-state index is 0.690. The van der Waals surface area contributed by atoms with E-state index in [-0.39, 0.29) is 0 Å². The molecule has 0 aliphatic heterocycles. The molecule has 4 rings (SSSR count). The first-order chi connectivity index (χ1) is 12.7. The van der Waals surface area contributed by atoms with Gasteiger partial charge in [-0.3, -0.25) is 0 Å². The van der Waals surface area contributed by atoms with Gasteiger partial charge in [0.1, 0.15) is 11.3 Å². The number of nitrogens with zero attached hydrogens (tertiary/aromatic N) is 1. The van der Waals surface area contributed by atoms with Crippen LogP contribution in [0.2, 0.25) is 0 Å².